The number of carbonyl (C=O) groups excluding carboxylic acids is 1. The molecule has 0 aliphatic heterocycles. The van der Waals surface area contributed by atoms with E-state index in [0.29, 0.717) is 0 Å². The molecule has 5 nitrogen and oxygen atoms in total. The second-order valence-corrected chi connectivity index (χ2v) is 7.18. The van der Waals surface area contributed by atoms with E-state index in [1.165, 1.54) is 11.1 Å². The quantitative estimate of drug-likeness (QED) is 0.646. The van der Waals surface area contributed by atoms with E-state index < -0.39 is 0 Å². The first-order valence-electron chi connectivity index (χ1n) is 7.93. The lowest BCUT2D eigenvalue weighted by atomic mass is 9.92. The third kappa shape index (κ3) is 2.23. The number of benzene rings is 1. The van der Waals surface area contributed by atoms with Crippen molar-refractivity contribution in [2.75, 3.05) is 0 Å². The molecule has 118 valence electrons. The van der Waals surface area contributed by atoms with E-state index >= 15 is 0 Å². The van der Waals surface area contributed by atoms with Crippen LogP contribution in [0.2, 0.25) is 0 Å². The number of nitrogens with zero attached hydrogens (tertiary/aromatic N) is 1. The lowest BCUT2D eigenvalue weighted by molar-refractivity contribution is 0.0921. The average molecular weight is 308 g/mol. The van der Waals surface area contributed by atoms with Gasteiger partial charge in [0.25, 0.3) is 5.91 Å². The minimum absolute atomic E-state index is 0.0275. The smallest absolute Gasteiger partial charge is 0.252 e. The molecule has 0 fully saturated rings. The van der Waals surface area contributed by atoms with E-state index in [4.69, 9.17) is 0 Å². The number of fused-ring (bicyclic) bond motifs is 5. The molecule has 0 bridgehead atoms. The Hall–Kier alpha value is -2.56. The molecule has 0 saturated carbocycles. The third-order valence-electron chi connectivity index (χ3n) is 4.27. The summed E-state index contributed by atoms with van der Waals surface area (Å²) in [6, 6.07) is 5.85. The third-order valence-corrected chi connectivity index (χ3v) is 4.27. The Kier molecular flexibility index (Phi) is 2.88. The molecule has 0 saturated heterocycles. The second kappa shape index (κ2) is 4.72. The van der Waals surface area contributed by atoms with Crippen molar-refractivity contribution in [1.29, 1.82) is 0 Å². The SMILES string of the molecule is CC(C)(C)NC(=O)c1cccc2[nH]c3c(c12)CCc1cn[nH]c1-3. The molecule has 1 aliphatic rings. The number of amides is 1. The molecule has 1 aliphatic carbocycles. The molecule has 2 heterocycles. The summed E-state index contributed by atoms with van der Waals surface area (Å²) in [6.45, 7) is 5.98. The molecule has 2 aromatic heterocycles. The van der Waals surface area contributed by atoms with E-state index in [1.807, 2.05) is 45.2 Å². The van der Waals surface area contributed by atoms with Crippen molar-refractivity contribution in [2.45, 2.75) is 39.2 Å². The fourth-order valence-electron chi connectivity index (χ4n) is 3.35. The van der Waals surface area contributed by atoms with Gasteiger partial charge >= 0.3 is 0 Å². The maximum Gasteiger partial charge on any atom is 0.252 e. The van der Waals surface area contributed by atoms with Gasteiger partial charge in [-0.15, -0.1) is 0 Å². The van der Waals surface area contributed by atoms with Gasteiger partial charge in [0.05, 0.1) is 17.6 Å². The van der Waals surface area contributed by atoms with Gasteiger partial charge < -0.3 is 10.3 Å². The zero-order valence-electron chi connectivity index (χ0n) is 13.6. The molecule has 3 aromatic rings. The normalized spacial score (nSPS) is 13.7. The van der Waals surface area contributed by atoms with Crippen LogP contribution >= 0.6 is 0 Å². The molecule has 0 radical (unpaired) electrons. The van der Waals surface area contributed by atoms with Gasteiger partial charge in [0, 0.05) is 22.0 Å². The molecule has 4 rings (SSSR count). The van der Waals surface area contributed by atoms with Crippen LogP contribution in [-0.4, -0.2) is 26.6 Å². The summed E-state index contributed by atoms with van der Waals surface area (Å²) < 4.78 is 0. The summed E-state index contributed by atoms with van der Waals surface area (Å²) in [6.07, 6.45) is 3.75. The highest BCUT2D eigenvalue weighted by molar-refractivity contribution is 6.09. The van der Waals surface area contributed by atoms with Crippen LogP contribution in [0.5, 0.6) is 0 Å². The Balaban J connectivity index is 1.91. The van der Waals surface area contributed by atoms with Crippen LogP contribution in [0.25, 0.3) is 22.3 Å². The molecule has 0 spiro atoms. The molecule has 1 aromatic carbocycles. The van der Waals surface area contributed by atoms with Crippen LogP contribution in [0, 0.1) is 0 Å². The largest absolute Gasteiger partial charge is 0.353 e. The number of carbonyl (C=O) groups is 1. The lowest BCUT2D eigenvalue weighted by Gasteiger charge is -2.21. The molecule has 5 heteroatoms. The van der Waals surface area contributed by atoms with Crippen LogP contribution in [0.3, 0.4) is 0 Å². The molecule has 3 N–H and O–H groups in total. The standard InChI is InChI=1S/C18H20N4O/c1-18(2,3)21-17(23)12-5-4-6-13-14(12)11-8-7-10-9-19-22-15(10)16(11)20-13/h4-6,9,20H,7-8H2,1-3H3,(H,19,22)(H,21,23). The Morgan fingerprint density at radius 3 is 2.83 bits per heavy atom. The van der Waals surface area contributed by atoms with Gasteiger partial charge in [-0.3, -0.25) is 9.89 Å². The average Bonchev–Trinajstić information content (AvgIpc) is 3.08. The number of H-pyrrole nitrogens is 2. The Morgan fingerprint density at radius 2 is 2.04 bits per heavy atom. The highest BCUT2D eigenvalue weighted by Crippen LogP contribution is 2.37. The Morgan fingerprint density at radius 1 is 1.22 bits per heavy atom. The predicted octanol–water partition coefficient (Wildman–Crippen LogP) is 3.18. The Bertz CT molecular complexity index is 911. The van der Waals surface area contributed by atoms with Gasteiger partial charge in [-0.05, 0) is 56.9 Å². The summed E-state index contributed by atoms with van der Waals surface area (Å²) in [4.78, 5) is 16.2. The number of aromatic nitrogens is 3. The van der Waals surface area contributed by atoms with Crippen molar-refractivity contribution in [2.24, 2.45) is 0 Å². The first-order valence-corrected chi connectivity index (χ1v) is 7.93. The van der Waals surface area contributed by atoms with Crippen LogP contribution in [0.1, 0.15) is 42.3 Å². The summed E-state index contributed by atoms with van der Waals surface area (Å²) in [5.74, 6) is -0.0275. The molecule has 1 amide bonds. The van der Waals surface area contributed by atoms with Crippen molar-refractivity contribution in [3.8, 4) is 11.4 Å². The highest BCUT2D eigenvalue weighted by atomic mass is 16.1. The van der Waals surface area contributed by atoms with Crippen LogP contribution < -0.4 is 5.32 Å². The van der Waals surface area contributed by atoms with Crippen molar-refractivity contribution >= 4 is 16.8 Å². The van der Waals surface area contributed by atoms with E-state index in [9.17, 15) is 4.79 Å². The molecule has 0 unspecified atom stereocenters. The predicted molar refractivity (Wildman–Crippen MR) is 90.5 cm³/mol. The zero-order chi connectivity index (χ0) is 16.2. The zero-order valence-corrected chi connectivity index (χ0v) is 13.6. The molecular weight excluding hydrogens is 288 g/mol. The van der Waals surface area contributed by atoms with Gasteiger partial charge in [-0.1, -0.05) is 6.07 Å². The molecule has 23 heavy (non-hydrogen) atoms. The summed E-state index contributed by atoms with van der Waals surface area (Å²) >= 11 is 0. The van der Waals surface area contributed by atoms with Gasteiger partial charge in [-0.25, -0.2) is 0 Å². The van der Waals surface area contributed by atoms with Gasteiger partial charge in [-0.2, -0.15) is 5.10 Å². The van der Waals surface area contributed by atoms with Crippen molar-refractivity contribution in [3.05, 3.63) is 41.1 Å². The molecular formula is C18H20N4O. The van der Waals surface area contributed by atoms with Crippen LogP contribution in [-0.2, 0) is 12.8 Å². The highest BCUT2D eigenvalue weighted by Gasteiger charge is 2.26. The number of hydrogen-bond acceptors (Lipinski definition) is 2. The number of hydrogen-bond donors (Lipinski definition) is 3. The van der Waals surface area contributed by atoms with Crippen molar-refractivity contribution in [1.82, 2.24) is 20.5 Å². The van der Waals surface area contributed by atoms with E-state index in [1.54, 1.807) is 0 Å². The minimum Gasteiger partial charge on any atom is -0.353 e. The van der Waals surface area contributed by atoms with E-state index in [-0.39, 0.29) is 11.4 Å². The first-order chi connectivity index (χ1) is 10.9. The number of aryl methyl sites for hydroxylation is 2. The summed E-state index contributed by atoms with van der Waals surface area (Å²) in [7, 11) is 0. The van der Waals surface area contributed by atoms with Crippen LogP contribution in [0.15, 0.2) is 24.4 Å². The molecule has 0 atom stereocenters. The number of rotatable bonds is 1. The maximum atomic E-state index is 12.7. The lowest BCUT2D eigenvalue weighted by Crippen LogP contribution is -2.40. The summed E-state index contributed by atoms with van der Waals surface area (Å²) in [5, 5.41) is 11.3. The minimum atomic E-state index is -0.258. The van der Waals surface area contributed by atoms with Crippen LogP contribution in [0.4, 0.5) is 0 Å². The number of aromatic amines is 2. The topological polar surface area (TPSA) is 73.6 Å². The second-order valence-electron chi connectivity index (χ2n) is 7.18. The van der Waals surface area contributed by atoms with Gasteiger partial charge in [0.2, 0.25) is 0 Å². The summed E-state index contributed by atoms with van der Waals surface area (Å²) in [5.41, 5.74) is 6.02. The maximum absolute atomic E-state index is 12.7. The van der Waals surface area contributed by atoms with Gasteiger partial charge in [0.1, 0.15) is 0 Å². The van der Waals surface area contributed by atoms with Crippen molar-refractivity contribution in [3.63, 3.8) is 0 Å². The fourth-order valence-corrected chi connectivity index (χ4v) is 3.35. The Labute approximate surface area is 134 Å². The first kappa shape index (κ1) is 14.1. The van der Waals surface area contributed by atoms with Crippen molar-refractivity contribution < 1.29 is 4.79 Å². The number of nitrogens with one attached hydrogen (secondary N) is 3. The monoisotopic (exact) mass is 308 g/mol. The fraction of sp³-hybridized carbons (Fsp3) is 0.333. The van der Waals surface area contributed by atoms with E-state index in [2.05, 4.69) is 20.5 Å². The van der Waals surface area contributed by atoms with Gasteiger partial charge in [0.15, 0.2) is 0 Å². The van der Waals surface area contributed by atoms with E-state index in [0.717, 1.165) is 40.7 Å².